The highest BCUT2D eigenvalue weighted by molar-refractivity contribution is 5.81. The number of aromatic nitrogens is 3. The summed E-state index contributed by atoms with van der Waals surface area (Å²) in [7, 11) is 3.96. The quantitative estimate of drug-likeness (QED) is 0.488. The van der Waals surface area contributed by atoms with Gasteiger partial charge in [0.2, 0.25) is 5.91 Å². The Morgan fingerprint density at radius 3 is 2.61 bits per heavy atom. The molecule has 1 aromatic carbocycles. The van der Waals surface area contributed by atoms with Crippen molar-refractivity contribution < 1.29 is 24.2 Å². The molecule has 3 heterocycles. The summed E-state index contributed by atoms with van der Waals surface area (Å²) in [6.07, 6.45) is 2.85. The Balaban J connectivity index is 0.000000968. The molecule has 0 radical (unpaired) electrons. The van der Waals surface area contributed by atoms with E-state index in [1.54, 1.807) is 0 Å². The second-order valence-corrected chi connectivity index (χ2v) is 8.80. The van der Waals surface area contributed by atoms with Gasteiger partial charge in [-0.3, -0.25) is 19.5 Å². The Morgan fingerprint density at radius 1 is 1.30 bits per heavy atom. The van der Waals surface area contributed by atoms with Gasteiger partial charge in [-0.15, -0.1) is 0 Å². The van der Waals surface area contributed by atoms with E-state index < -0.39 is 5.41 Å². The first-order valence-corrected chi connectivity index (χ1v) is 11.0. The number of piperidine rings is 1. The van der Waals surface area contributed by atoms with E-state index in [9.17, 15) is 9.59 Å². The van der Waals surface area contributed by atoms with Crippen molar-refractivity contribution in [3.8, 4) is 0 Å². The van der Waals surface area contributed by atoms with Crippen LogP contribution in [0.5, 0.6) is 0 Å². The van der Waals surface area contributed by atoms with E-state index in [-0.39, 0.29) is 30.9 Å². The Hall–Kier alpha value is -3.27. The zero-order chi connectivity index (χ0) is 23.8. The first-order valence-electron chi connectivity index (χ1n) is 11.0. The maximum absolute atomic E-state index is 12.7. The van der Waals surface area contributed by atoms with Gasteiger partial charge in [0.15, 0.2) is 5.82 Å². The molecule has 0 saturated carbocycles. The Labute approximate surface area is 192 Å². The molecule has 178 valence electrons. The number of carbonyl (C=O) groups is 3. The van der Waals surface area contributed by atoms with Gasteiger partial charge in [-0.2, -0.15) is 5.10 Å². The molecule has 10 heteroatoms. The van der Waals surface area contributed by atoms with E-state index in [2.05, 4.69) is 15.2 Å². The highest BCUT2D eigenvalue weighted by Crippen LogP contribution is 2.43. The maximum atomic E-state index is 12.7. The van der Waals surface area contributed by atoms with Crippen LogP contribution in [0.3, 0.4) is 0 Å². The lowest BCUT2D eigenvalue weighted by Gasteiger charge is -2.36. The molecule has 2 aliphatic rings. The second-order valence-electron chi connectivity index (χ2n) is 8.80. The molecule has 2 aromatic rings. The second kappa shape index (κ2) is 11.0. The number of likely N-dealkylation sites (tertiary alicyclic amines) is 1. The third kappa shape index (κ3) is 6.38. The fraction of sp³-hybridized carbons (Fsp3) is 0.522. The Kier molecular flexibility index (Phi) is 8.16. The number of rotatable bonds is 6. The summed E-state index contributed by atoms with van der Waals surface area (Å²) < 4.78 is 5.60. The van der Waals surface area contributed by atoms with Crippen molar-refractivity contribution in [3.05, 3.63) is 47.5 Å². The number of H-pyrrole nitrogens is 1. The largest absolute Gasteiger partial charge is 0.483 e. The molecule has 1 unspecified atom stereocenters. The molecule has 1 amide bonds. The molecule has 2 saturated heterocycles. The summed E-state index contributed by atoms with van der Waals surface area (Å²) in [5.74, 6) is 1.17. The van der Waals surface area contributed by atoms with E-state index in [0.717, 1.165) is 24.4 Å². The molecule has 2 aliphatic heterocycles. The van der Waals surface area contributed by atoms with Gasteiger partial charge in [0, 0.05) is 32.5 Å². The van der Waals surface area contributed by atoms with Gasteiger partial charge in [-0.05, 0) is 32.5 Å². The molecule has 1 spiro atoms. The summed E-state index contributed by atoms with van der Waals surface area (Å²) in [5, 5.41) is 14.0. The van der Waals surface area contributed by atoms with Crippen molar-refractivity contribution in [2.75, 3.05) is 33.7 Å². The molecule has 0 bridgehead atoms. The van der Waals surface area contributed by atoms with Crippen LogP contribution in [0.15, 0.2) is 30.3 Å². The molecule has 33 heavy (non-hydrogen) atoms. The van der Waals surface area contributed by atoms with Crippen LogP contribution in [0.2, 0.25) is 0 Å². The first kappa shape index (κ1) is 24.4. The summed E-state index contributed by atoms with van der Waals surface area (Å²) in [5.41, 5.74) is 0.717. The maximum Gasteiger partial charge on any atom is 0.312 e. The van der Waals surface area contributed by atoms with Crippen molar-refractivity contribution in [1.29, 1.82) is 0 Å². The number of carboxylic acid groups (broad SMARTS) is 1. The molecule has 1 aromatic heterocycles. The Bertz CT molecular complexity index is 938. The standard InChI is InChI=1S/C22H29N5O3.CH2O2/c1-26(2)15-17-14-22(21(29)30-17)8-10-27(11-9-22)20(28)13-19-23-18(24-25-19)12-16-6-4-3-5-7-16;2-1-3/h3-7,17H,8-15H2,1-2H3,(H,23,24,25);1H,(H,2,3). The minimum absolute atomic E-state index is 0.00585. The smallest absolute Gasteiger partial charge is 0.312 e. The predicted molar refractivity (Wildman–Crippen MR) is 119 cm³/mol. The number of aromatic amines is 1. The van der Waals surface area contributed by atoms with Crippen LogP contribution in [0.1, 0.15) is 36.5 Å². The lowest BCUT2D eigenvalue weighted by atomic mass is 9.76. The average Bonchev–Trinajstić information content (AvgIpc) is 3.33. The average molecular weight is 458 g/mol. The van der Waals surface area contributed by atoms with Gasteiger partial charge in [-0.25, -0.2) is 4.98 Å². The number of ether oxygens (including phenoxy) is 1. The first-order chi connectivity index (χ1) is 15.8. The minimum Gasteiger partial charge on any atom is -0.483 e. The zero-order valence-electron chi connectivity index (χ0n) is 19.1. The van der Waals surface area contributed by atoms with Crippen LogP contribution in [-0.2, 0) is 32.0 Å². The monoisotopic (exact) mass is 457 g/mol. The van der Waals surface area contributed by atoms with Gasteiger partial charge in [0.05, 0.1) is 11.8 Å². The third-order valence-corrected chi connectivity index (χ3v) is 6.07. The highest BCUT2D eigenvalue weighted by atomic mass is 16.6. The molecule has 4 rings (SSSR count). The number of nitrogens with zero attached hydrogens (tertiary/aromatic N) is 4. The number of esters is 1. The summed E-state index contributed by atoms with van der Waals surface area (Å²) >= 11 is 0. The molecule has 2 N–H and O–H groups in total. The number of hydrogen-bond donors (Lipinski definition) is 2. The minimum atomic E-state index is -0.426. The fourth-order valence-corrected chi connectivity index (χ4v) is 4.47. The number of amides is 1. The van der Waals surface area contributed by atoms with Gasteiger partial charge < -0.3 is 19.6 Å². The number of carbonyl (C=O) groups excluding carboxylic acids is 2. The molecular formula is C23H31N5O5. The van der Waals surface area contributed by atoms with Crippen LogP contribution in [0, 0.1) is 5.41 Å². The van der Waals surface area contributed by atoms with Crippen LogP contribution in [0.4, 0.5) is 0 Å². The SMILES string of the molecule is CN(C)CC1CC2(CCN(C(=O)Cc3n[nH]c(Cc4ccccc4)n3)CC2)C(=O)O1.O=CO. The molecule has 2 fully saturated rings. The topological polar surface area (TPSA) is 129 Å². The lowest BCUT2D eigenvalue weighted by Crippen LogP contribution is -2.45. The number of benzene rings is 1. The van der Waals surface area contributed by atoms with Crippen LogP contribution in [-0.4, -0.2) is 88.3 Å². The van der Waals surface area contributed by atoms with E-state index in [1.807, 2.05) is 54.2 Å². The lowest BCUT2D eigenvalue weighted by molar-refractivity contribution is -0.152. The van der Waals surface area contributed by atoms with E-state index >= 15 is 0 Å². The van der Waals surface area contributed by atoms with Crippen molar-refractivity contribution >= 4 is 18.3 Å². The van der Waals surface area contributed by atoms with E-state index in [0.29, 0.717) is 38.2 Å². The number of nitrogens with one attached hydrogen (secondary N) is 1. The fourth-order valence-electron chi connectivity index (χ4n) is 4.47. The van der Waals surface area contributed by atoms with E-state index in [4.69, 9.17) is 14.6 Å². The highest BCUT2D eigenvalue weighted by Gasteiger charge is 2.50. The number of cyclic esters (lactones) is 1. The Morgan fingerprint density at radius 2 is 1.97 bits per heavy atom. The predicted octanol–water partition coefficient (Wildman–Crippen LogP) is 1.12. The van der Waals surface area contributed by atoms with Gasteiger partial charge in [0.25, 0.3) is 6.47 Å². The molecular weight excluding hydrogens is 426 g/mol. The molecule has 1 atom stereocenters. The van der Waals surface area contributed by atoms with Crippen molar-refractivity contribution in [2.24, 2.45) is 5.41 Å². The van der Waals surface area contributed by atoms with Crippen LogP contribution < -0.4 is 0 Å². The zero-order valence-corrected chi connectivity index (χ0v) is 19.1. The van der Waals surface area contributed by atoms with Gasteiger partial charge in [0.1, 0.15) is 11.9 Å². The van der Waals surface area contributed by atoms with E-state index in [1.165, 1.54) is 0 Å². The van der Waals surface area contributed by atoms with Gasteiger partial charge in [-0.1, -0.05) is 30.3 Å². The summed E-state index contributed by atoms with van der Waals surface area (Å²) in [4.78, 5) is 41.9. The normalized spacial score (nSPS) is 19.2. The molecule has 0 aliphatic carbocycles. The number of likely N-dealkylation sites (N-methyl/N-ethyl adjacent to an activating group) is 1. The van der Waals surface area contributed by atoms with Crippen LogP contribution >= 0.6 is 0 Å². The summed E-state index contributed by atoms with van der Waals surface area (Å²) in [6, 6.07) is 10.0. The summed E-state index contributed by atoms with van der Waals surface area (Å²) in [6.45, 7) is 1.64. The van der Waals surface area contributed by atoms with Gasteiger partial charge >= 0.3 is 5.97 Å². The van der Waals surface area contributed by atoms with Crippen molar-refractivity contribution in [3.63, 3.8) is 0 Å². The van der Waals surface area contributed by atoms with Crippen molar-refractivity contribution in [1.82, 2.24) is 25.0 Å². The van der Waals surface area contributed by atoms with Crippen LogP contribution in [0.25, 0.3) is 0 Å². The molecule has 10 nitrogen and oxygen atoms in total. The third-order valence-electron chi connectivity index (χ3n) is 6.07. The van der Waals surface area contributed by atoms with Crippen molar-refractivity contribution in [2.45, 2.75) is 38.2 Å². The number of hydrogen-bond acceptors (Lipinski definition) is 7.